The highest BCUT2D eigenvalue weighted by molar-refractivity contribution is 7.89. The normalized spacial score (nSPS) is 11.5. The first kappa shape index (κ1) is 18.0. The van der Waals surface area contributed by atoms with Gasteiger partial charge in [-0.15, -0.1) is 0 Å². The van der Waals surface area contributed by atoms with Gasteiger partial charge in [0.1, 0.15) is 0 Å². The van der Waals surface area contributed by atoms with Crippen LogP contribution in [0, 0.1) is 0 Å². The van der Waals surface area contributed by atoms with E-state index in [0.717, 1.165) is 0 Å². The second kappa shape index (κ2) is 7.46. The summed E-state index contributed by atoms with van der Waals surface area (Å²) in [5.41, 5.74) is 7.04. The summed E-state index contributed by atoms with van der Waals surface area (Å²) in [5.74, 6) is -0.391. The Balaban J connectivity index is 2.28. The molecule has 0 aliphatic carbocycles. The number of anilines is 2. The molecule has 3 N–H and O–H groups in total. The first-order valence-electron chi connectivity index (χ1n) is 7.65. The molecular formula is C17H21N3O3S. The molecule has 24 heavy (non-hydrogen) atoms. The zero-order valence-electron chi connectivity index (χ0n) is 13.7. The molecule has 0 heterocycles. The second-order valence-electron chi connectivity index (χ2n) is 5.20. The van der Waals surface area contributed by atoms with Crippen LogP contribution in [0.1, 0.15) is 24.2 Å². The van der Waals surface area contributed by atoms with Crippen molar-refractivity contribution in [3.63, 3.8) is 0 Å². The maximum atomic E-state index is 12.5. The molecule has 0 radical (unpaired) electrons. The minimum atomic E-state index is -3.60. The average Bonchev–Trinajstić information content (AvgIpc) is 2.56. The molecule has 0 aromatic heterocycles. The van der Waals surface area contributed by atoms with Crippen molar-refractivity contribution in [2.45, 2.75) is 18.7 Å². The van der Waals surface area contributed by atoms with Gasteiger partial charge in [0.05, 0.1) is 4.90 Å². The average molecular weight is 347 g/mol. The highest BCUT2D eigenvalue weighted by Crippen LogP contribution is 2.18. The van der Waals surface area contributed by atoms with Gasteiger partial charge >= 0.3 is 0 Å². The van der Waals surface area contributed by atoms with Gasteiger partial charge in [-0.3, -0.25) is 4.79 Å². The van der Waals surface area contributed by atoms with Crippen molar-refractivity contribution >= 4 is 27.3 Å². The largest absolute Gasteiger partial charge is 0.399 e. The van der Waals surface area contributed by atoms with Gasteiger partial charge in [-0.25, -0.2) is 8.42 Å². The number of carbonyl (C=O) groups is 1. The summed E-state index contributed by atoms with van der Waals surface area (Å²) in [6.07, 6.45) is 0. The van der Waals surface area contributed by atoms with Crippen LogP contribution in [-0.4, -0.2) is 31.7 Å². The molecule has 0 aliphatic rings. The highest BCUT2D eigenvalue weighted by atomic mass is 32.2. The molecule has 2 rings (SSSR count). The minimum absolute atomic E-state index is 0.103. The predicted octanol–water partition coefficient (Wildman–Crippen LogP) is 2.55. The summed E-state index contributed by atoms with van der Waals surface area (Å²) in [4.78, 5) is 12.5. The van der Waals surface area contributed by atoms with Crippen molar-refractivity contribution in [3.8, 4) is 0 Å². The Labute approximate surface area is 142 Å². The van der Waals surface area contributed by atoms with Crippen molar-refractivity contribution < 1.29 is 13.2 Å². The number of carbonyl (C=O) groups excluding carboxylic acids is 1. The number of sulfonamides is 1. The van der Waals surface area contributed by atoms with Gasteiger partial charge in [0, 0.05) is 30.0 Å². The lowest BCUT2D eigenvalue weighted by Gasteiger charge is -2.18. The number of hydrogen-bond donors (Lipinski definition) is 2. The molecule has 0 bridgehead atoms. The van der Waals surface area contributed by atoms with E-state index in [0.29, 0.717) is 24.5 Å². The Morgan fingerprint density at radius 3 is 2.38 bits per heavy atom. The summed E-state index contributed by atoms with van der Waals surface area (Å²) >= 11 is 0. The molecule has 0 saturated carbocycles. The van der Waals surface area contributed by atoms with Crippen LogP contribution < -0.4 is 11.1 Å². The number of hydrogen-bond acceptors (Lipinski definition) is 4. The van der Waals surface area contributed by atoms with Gasteiger partial charge in [-0.2, -0.15) is 4.31 Å². The first-order valence-corrected chi connectivity index (χ1v) is 9.09. The number of nitrogen functional groups attached to an aromatic ring is 1. The Kier molecular flexibility index (Phi) is 5.58. The molecule has 0 atom stereocenters. The molecule has 0 spiro atoms. The predicted molar refractivity (Wildman–Crippen MR) is 95.4 cm³/mol. The Morgan fingerprint density at radius 2 is 1.75 bits per heavy atom. The number of nitrogens with two attached hydrogens (primary N) is 1. The molecule has 0 unspecified atom stereocenters. The van der Waals surface area contributed by atoms with Gasteiger partial charge in [0.25, 0.3) is 5.91 Å². The molecule has 2 aromatic rings. The zero-order valence-corrected chi connectivity index (χ0v) is 14.5. The molecule has 1 amide bonds. The zero-order chi connectivity index (χ0) is 17.7. The van der Waals surface area contributed by atoms with Crippen molar-refractivity contribution in [2.24, 2.45) is 0 Å². The number of rotatable bonds is 6. The van der Waals surface area contributed by atoms with E-state index in [1.54, 1.807) is 50.2 Å². The fourth-order valence-electron chi connectivity index (χ4n) is 2.33. The molecule has 2 aromatic carbocycles. The van der Waals surface area contributed by atoms with Crippen molar-refractivity contribution in [1.29, 1.82) is 0 Å². The van der Waals surface area contributed by atoms with E-state index in [1.807, 2.05) is 0 Å². The number of benzene rings is 2. The third-order valence-corrected chi connectivity index (χ3v) is 5.63. The smallest absolute Gasteiger partial charge is 0.255 e. The van der Waals surface area contributed by atoms with Crippen molar-refractivity contribution in [3.05, 3.63) is 54.1 Å². The van der Waals surface area contributed by atoms with Crippen LogP contribution in [0.15, 0.2) is 53.4 Å². The summed E-state index contributed by atoms with van der Waals surface area (Å²) in [7, 11) is -3.60. The monoisotopic (exact) mass is 347 g/mol. The molecular weight excluding hydrogens is 326 g/mol. The van der Waals surface area contributed by atoms with E-state index in [4.69, 9.17) is 5.73 Å². The van der Waals surface area contributed by atoms with Crippen LogP contribution in [0.5, 0.6) is 0 Å². The third kappa shape index (κ3) is 3.93. The van der Waals surface area contributed by atoms with Gasteiger partial charge in [-0.1, -0.05) is 26.0 Å². The number of nitrogens with one attached hydrogen (secondary N) is 1. The van der Waals surface area contributed by atoms with E-state index in [2.05, 4.69) is 5.32 Å². The van der Waals surface area contributed by atoms with E-state index < -0.39 is 15.9 Å². The fourth-order valence-corrected chi connectivity index (χ4v) is 3.83. The summed E-state index contributed by atoms with van der Waals surface area (Å²) in [6, 6.07) is 12.8. The molecule has 128 valence electrons. The van der Waals surface area contributed by atoms with Crippen molar-refractivity contribution in [1.82, 2.24) is 4.31 Å². The summed E-state index contributed by atoms with van der Waals surface area (Å²) < 4.78 is 26.4. The Bertz CT molecular complexity index is 830. The quantitative estimate of drug-likeness (QED) is 0.786. The van der Waals surface area contributed by atoms with E-state index in [1.165, 1.54) is 16.4 Å². The fraction of sp³-hybridized carbons (Fsp3) is 0.235. The van der Waals surface area contributed by atoms with Gasteiger partial charge in [-0.05, 0) is 36.4 Å². The highest BCUT2D eigenvalue weighted by Gasteiger charge is 2.22. The second-order valence-corrected chi connectivity index (χ2v) is 7.13. The minimum Gasteiger partial charge on any atom is -0.399 e. The summed E-state index contributed by atoms with van der Waals surface area (Å²) in [6.45, 7) is 4.30. The number of amides is 1. The van der Waals surface area contributed by atoms with Crippen molar-refractivity contribution in [2.75, 3.05) is 24.1 Å². The molecule has 0 fully saturated rings. The molecule has 6 nitrogen and oxygen atoms in total. The van der Waals surface area contributed by atoms with Crippen LogP contribution in [0.3, 0.4) is 0 Å². The van der Waals surface area contributed by atoms with Crippen LogP contribution in [0.4, 0.5) is 11.4 Å². The van der Waals surface area contributed by atoms with Crippen LogP contribution in [0.25, 0.3) is 0 Å². The topological polar surface area (TPSA) is 92.5 Å². The molecule has 7 heteroatoms. The van der Waals surface area contributed by atoms with E-state index >= 15 is 0 Å². The Hall–Kier alpha value is -2.38. The van der Waals surface area contributed by atoms with E-state index in [9.17, 15) is 13.2 Å². The lowest BCUT2D eigenvalue weighted by Crippen LogP contribution is -2.30. The molecule has 0 saturated heterocycles. The maximum Gasteiger partial charge on any atom is 0.255 e. The van der Waals surface area contributed by atoms with E-state index in [-0.39, 0.29) is 10.5 Å². The first-order chi connectivity index (χ1) is 11.4. The SMILES string of the molecule is CCN(CC)S(=O)(=O)c1cccc(C(=O)Nc2cccc(N)c2)c1. The third-order valence-electron chi connectivity index (χ3n) is 3.58. The maximum absolute atomic E-state index is 12.5. The van der Waals surface area contributed by atoms with Crippen LogP contribution in [-0.2, 0) is 10.0 Å². The van der Waals surface area contributed by atoms with Gasteiger partial charge < -0.3 is 11.1 Å². The van der Waals surface area contributed by atoms with Crippen LogP contribution >= 0.6 is 0 Å². The van der Waals surface area contributed by atoms with Gasteiger partial charge in [0.2, 0.25) is 10.0 Å². The summed E-state index contributed by atoms with van der Waals surface area (Å²) in [5, 5.41) is 2.71. The Morgan fingerprint density at radius 1 is 1.08 bits per heavy atom. The lowest BCUT2D eigenvalue weighted by atomic mass is 10.2. The lowest BCUT2D eigenvalue weighted by molar-refractivity contribution is 0.102. The molecule has 0 aliphatic heterocycles. The standard InChI is InChI=1S/C17H21N3O3S/c1-3-20(4-2)24(22,23)16-10-5-7-13(11-16)17(21)19-15-9-6-8-14(18)12-15/h5-12H,3-4,18H2,1-2H3,(H,19,21). The number of nitrogens with zero attached hydrogens (tertiary/aromatic N) is 1. The van der Waals surface area contributed by atoms with Crippen LogP contribution in [0.2, 0.25) is 0 Å². The van der Waals surface area contributed by atoms with Gasteiger partial charge in [0.15, 0.2) is 0 Å².